The summed E-state index contributed by atoms with van der Waals surface area (Å²) < 4.78 is 0. The van der Waals surface area contributed by atoms with Crippen LogP contribution >= 0.6 is 0 Å². The second-order valence-electron chi connectivity index (χ2n) is 23.1. The molecule has 0 bridgehead atoms. The van der Waals surface area contributed by atoms with Gasteiger partial charge in [-0.25, -0.2) is 0 Å². The van der Waals surface area contributed by atoms with E-state index in [2.05, 4.69) is 252 Å². The van der Waals surface area contributed by atoms with Crippen LogP contribution in [0.25, 0.3) is 55.6 Å². The summed E-state index contributed by atoms with van der Waals surface area (Å²) in [5.74, 6) is 0. The number of anilines is 3. The molecule has 0 saturated carbocycles. The average molecular weight is 858 g/mol. The lowest BCUT2D eigenvalue weighted by molar-refractivity contribution is 0.589. The van der Waals surface area contributed by atoms with Crippen LogP contribution in [0.2, 0.25) is 0 Å². The Morgan fingerprint density at radius 2 is 0.758 bits per heavy atom. The molecule has 0 aromatic heterocycles. The average Bonchev–Trinajstić information content (AvgIpc) is 3.78. The molecule has 0 fully saturated rings. The molecule has 8 aromatic carbocycles. The van der Waals surface area contributed by atoms with Gasteiger partial charge in [-0.05, 0) is 147 Å². The largest absolute Gasteiger partial charge is 0.310 e. The van der Waals surface area contributed by atoms with Crippen LogP contribution in [-0.2, 0) is 27.1 Å². The maximum Gasteiger partial charge on any atom is 0.0465 e. The number of nitrogens with zero attached hydrogens (tertiary/aromatic N) is 1. The summed E-state index contributed by atoms with van der Waals surface area (Å²) in [6.07, 6.45) is 0. The van der Waals surface area contributed by atoms with Crippen molar-refractivity contribution in [3.8, 4) is 55.6 Å². The smallest absolute Gasteiger partial charge is 0.0465 e. The fourth-order valence-electron chi connectivity index (χ4n) is 12.0. The molecule has 0 unspecified atom stereocenters. The highest BCUT2D eigenvalue weighted by molar-refractivity contribution is 5.95. The minimum absolute atomic E-state index is 0.00858. The first kappa shape index (κ1) is 42.2. The van der Waals surface area contributed by atoms with Gasteiger partial charge in [0.1, 0.15) is 0 Å². The van der Waals surface area contributed by atoms with Crippen molar-refractivity contribution in [2.45, 2.75) is 110 Å². The zero-order chi connectivity index (χ0) is 46.3. The van der Waals surface area contributed by atoms with E-state index in [-0.39, 0.29) is 27.1 Å². The van der Waals surface area contributed by atoms with E-state index in [0.29, 0.717) is 0 Å². The van der Waals surface area contributed by atoms with Gasteiger partial charge in [-0.15, -0.1) is 0 Å². The first-order valence-electron chi connectivity index (χ1n) is 24.1. The zero-order valence-corrected chi connectivity index (χ0v) is 41.0. The molecular weight excluding hydrogens is 795 g/mol. The Morgan fingerprint density at radius 3 is 1.38 bits per heavy atom. The lowest BCUT2D eigenvalue weighted by Crippen LogP contribution is -2.19. The number of fused-ring (bicyclic) bond motifs is 9. The Hall–Kier alpha value is -6.44. The van der Waals surface area contributed by atoms with Crippen molar-refractivity contribution in [3.63, 3.8) is 0 Å². The monoisotopic (exact) mass is 857 g/mol. The van der Waals surface area contributed by atoms with Crippen LogP contribution in [0.15, 0.2) is 164 Å². The third-order valence-corrected chi connectivity index (χ3v) is 15.8. The first-order valence-corrected chi connectivity index (χ1v) is 24.1. The molecule has 1 heteroatoms. The maximum absolute atomic E-state index is 2.50. The highest BCUT2D eigenvalue weighted by Crippen LogP contribution is 2.57. The van der Waals surface area contributed by atoms with E-state index >= 15 is 0 Å². The Kier molecular flexibility index (Phi) is 9.13. The van der Waals surface area contributed by atoms with E-state index in [9.17, 15) is 0 Å². The first-order chi connectivity index (χ1) is 31.3. The summed E-state index contributed by atoms with van der Waals surface area (Å²) in [6, 6.07) is 63.0. The van der Waals surface area contributed by atoms with Gasteiger partial charge in [-0.3, -0.25) is 0 Å². The van der Waals surface area contributed by atoms with Crippen LogP contribution in [0.1, 0.15) is 128 Å². The summed E-state index contributed by atoms with van der Waals surface area (Å²) in [5.41, 5.74) is 27.4. The molecular formula is C65H63N. The summed E-state index contributed by atoms with van der Waals surface area (Å²) in [7, 11) is 0. The van der Waals surface area contributed by atoms with Crippen molar-refractivity contribution in [2.24, 2.45) is 0 Å². The van der Waals surface area contributed by atoms with Gasteiger partial charge in [0.05, 0.1) is 0 Å². The Balaban J connectivity index is 1.07. The van der Waals surface area contributed by atoms with Crippen LogP contribution in [0.4, 0.5) is 17.1 Å². The lowest BCUT2D eigenvalue weighted by Gasteiger charge is -2.30. The molecule has 328 valence electrons. The van der Waals surface area contributed by atoms with Gasteiger partial charge in [-0.2, -0.15) is 0 Å². The quantitative estimate of drug-likeness (QED) is 0.167. The minimum atomic E-state index is -0.246. The van der Waals surface area contributed by atoms with Gasteiger partial charge < -0.3 is 4.90 Å². The molecule has 0 radical (unpaired) electrons. The molecule has 0 spiro atoms. The highest BCUT2D eigenvalue weighted by Gasteiger charge is 2.41. The van der Waals surface area contributed by atoms with Gasteiger partial charge >= 0.3 is 0 Å². The number of hydrogen-bond acceptors (Lipinski definition) is 1. The van der Waals surface area contributed by atoms with Crippen LogP contribution in [0.3, 0.4) is 0 Å². The van der Waals surface area contributed by atoms with Crippen molar-refractivity contribution >= 4 is 17.1 Å². The van der Waals surface area contributed by atoms with E-state index in [1.807, 2.05) is 0 Å². The van der Waals surface area contributed by atoms with Gasteiger partial charge in [0.25, 0.3) is 0 Å². The van der Waals surface area contributed by atoms with Gasteiger partial charge in [0.2, 0.25) is 0 Å². The topological polar surface area (TPSA) is 3.24 Å². The predicted octanol–water partition coefficient (Wildman–Crippen LogP) is 18.0. The molecule has 0 heterocycles. The van der Waals surface area contributed by atoms with Crippen LogP contribution in [-0.4, -0.2) is 0 Å². The fraction of sp³-hybridized carbons (Fsp3) is 0.262. The van der Waals surface area contributed by atoms with Gasteiger partial charge in [0, 0.05) is 33.3 Å². The van der Waals surface area contributed by atoms with Crippen LogP contribution < -0.4 is 4.90 Å². The maximum atomic E-state index is 2.50. The van der Waals surface area contributed by atoms with Gasteiger partial charge in [0.15, 0.2) is 0 Å². The van der Waals surface area contributed by atoms with Crippen molar-refractivity contribution in [1.29, 1.82) is 0 Å². The molecule has 0 N–H and O–H groups in total. The molecule has 0 atom stereocenters. The van der Waals surface area contributed by atoms with Crippen molar-refractivity contribution in [1.82, 2.24) is 0 Å². The second-order valence-corrected chi connectivity index (χ2v) is 23.1. The number of hydrogen-bond donors (Lipinski definition) is 0. The molecule has 66 heavy (non-hydrogen) atoms. The normalized spacial score (nSPS) is 15.6. The predicted molar refractivity (Wildman–Crippen MR) is 282 cm³/mol. The molecule has 3 aliphatic rings. The SMILES string of the molecule is CC(C)(C)c1ccc(-c2cc(C(C)(C)C)cc3c2C(C)(C)c2cc(N(c4ccc(-c5cccc6c5-c5ccccc5C6(C)C)cc4)c4ccc5c(c4)C(C)(C)c4ccccc4-5)ccc2-3)cc1. The summed E-state index contributed by atoms with van der Waals surface area (Å²) in [5, 5.41) is 0. The van der Waals surface area contributed by atoms with E-state index in [0.717, 1.165) is 5.69 Å². The summed E-state index contributed by atoms with van der Waals surface area (Å²) in [6.45, 7) is 28.3. The Labute approximate surface area is 394 Å². The fourth-order valence-corrected chi connectivity index (χ4v) is 12.0. The number of benzene rings is 8. The molecule has 3 aliphatic carbocycles. The molecule has 1 nitrogen and oxygen atoms in total. The Morgan fingerprint density at radius 1 is 0.318 bits per heavy atom. The molecule has 0 aliphatic heterocycles. The van der Waals surface area contributed by atoms with E-state index in [1.165, 1.54) is 112 Å². The second kappa shape index (κ2) is 14.3. The third-order valence-electron chi connectivity index (χ3n) is 15.8. The summed E-state index contributed by atoms with van der Waals surface area (Å²) >= 11 is 0. The Bertz CT molecular complexity index is 3260. The number of rotatable bonds is 5. The highest BCUT2D eigenvalue weighted by atomic mass is 15.1. The van der Waals surface area contributed by atoms with Crippen molar-refractivity contribution < 1.29 is 0 Å². The molecule has 11 rings (SSSR count). The standard InChI is InChI=1S/C65H63N/c1-61(2,3)42-28-24-41(25-29-42)52-36-43(62(4,5)6)37-53-50-35-33-46(39-58(50)65(11,12)60(52)53)66(45-32-34-49-48-18-13-15-21-54(48)64(9,10)57(49)38-45)44-30-26-40(27-31-44)47-20-17-23-56-59(47)51-19-14-16-22-55(51)63(56,7)8/h13-39H,1-12H3. The van der Waals surface area contributed by atoms with Crippen molar-refractivity contribution in [3.05, 3.63) is 208 Å². The summed E-state index contributed by atoms with van der Waals surface area (Å²) in [4.78, 5) is 2.50. The third kappa shape index (κ3) is 6.26. The zero-order valence-electron chi connectivity index (χ0n) is 41.0. The van der Waals surface area contributed by atoms with E-state index < -0.39 is 0 Å². The van der Waals surface area contributed by atoms with Crippen LogP contribution in [0.5, 0.6) is 0 Å². The van der Waals surface area contributed by atoms with Crippen molar-refractivity contribution in [2.75, 3.05) is 4.90 Å². The molecule has 8 aromatic rings. The van der Waals surface area contributed by atoms with E-state index in [1.54, 1.807) is 0 Å². The molecule has 0 amide bonds. The van der Waals surface area contributed by atoms with Gasteiger partial charge in [-0.1, -0.05) is 210 Å². The molecule has 0 saturated heterocycles. The lowest BCUT2D eigenvalue weighted by atomic mass is 9.76. The minimum Gasteiger partial charge on any atom is -0.310 e. The van der Waals surface area contributed by atoms with E-state index in [4.69, 9.17) is 0 Å². The van der Waals surface area contributed by atoms with Crippen LogP contribution in [0, 0.1) is 0 Å².